The van der Waals surface area contributed by atoms with Crippen LogP contribution in [-0.2, 0) is 14.3 Å². The molecule has 2 rings (SSSR count). The molecule has 0 spiro atoms. The highest BCUT2D eigenvalue weighted by molar-refractivity contribution is 5.87. The van der Waals surface area contributed by atoms with Crippen molar-refractivity contribution in [2.24, 2.45) is 0 Å². The Morgan fingerprint density at radius 2 is 2.39 bits per heavy atom. The standard InChI is InChI=1S/C14H16O4/c1-2-16-14(15)7-6-11-4-3-5-12(8-11)17-9-13-10-18-13/h3-8,13H,2,9-10H2,1H3/b7-6+. The van der Waals surface area contributed by atoms with Gasteiger partial charge in [-0.2, -0.15) is 0 Å². The van der Waals surface area contributed by atoms with Crippen LogP contribution in [0.1, 0.15) is 12.5 Å². The molecule has 0 aromatic heterocycles. The average Bonchev–Trinajstić information content (AvgIpc) is 3.19. The molecular weight excluding hydrogens is 232 g/mol. The molecule has 0 aliphatic carbocycles. The summed E-state index contributed by atoms with van der Waals surface area (Å²) in [5, 5.41) is 0. The lowest BCUT2D eigenvalue weighted by Crippen LogP contribution is -2.03. The van der Waals surface area contributed by atoms with Crippen molar-refractivity contribution in [3.8, 4) is 5.75 Å². The highest BCUT2D eigenvalue weighted by Gasteiger charge is 2.22. The maximum absolute atomic E-state index is 11.2. The second-order valence-corrected chi connectivity index (χ2v) is 3.92. The molecule has 1 atom stereocenters. The van der Waals surface area contributed by atoms with Crippen molar-refractivity contribution >= 4 is 12.0 Å². The van der Waals surface area contributed by atoms with Crippen LogP contribution in [0.5, 0.6) is 5.75 Å². The fourth-order valence-electron chi connectivity index (χ4n) is 1.42. The second-order valence-electron chi connectivity index (χ2n) is 3.92. The molecule has 4 nitrogen and oxygen atoms in total. The van der Waals surface area contributed by atoms with E-state index < -0.39 is 0 Å². The van der Waals surface area contributed by atoms with E-state index in [0.29, 0.717) is 13.2 Å². The summed E-state index contributed by atoms with van der Waals surface area (Å²) in [4.78, 5) is 11.2. The van der Waals surface area contributed by atoms with Crippen molar-refractivity contribution in [2.45, 2.75) is 13.0 Å². The normalized spacial score (nSPS) is 17.7. The van der Waals surface area contributed by atoms with Crippen LogP contribution in [0, 0.1) is 0 Å². The van der Waals surface area contributed by atoms with E-state index >= 15 is 0 Å². The van der Waals surface area contributed by atoms with E-state index in [1.165, 1.54) is 6.08 Å². The first kappa shape index (κ1) is 12.6. The molecule has 0 amide bonds. The molecule has 0 N–H and O–H groups in total. The summed E-state index contributed by atoms with van der Waals surface area (Å²) in [6.45, 7) is 3.52. The van der Waals surface area contributed by atoms with Gasteiger partial charge in [0.15, 0.2) is 0 Å². The van der Waals surface area contributed by atoms with Crippen molar-refractivity contribution in [3.05, 3.63) is 35.9 Å². The summed E-state index contributed by atoms with van der Waals surface area (Å²) in [5.41, 5.74) is 0.900. The zero-order valence-corrected chi connectivity index (χ0v) is 10.3. The Bertz CT molecular complexity index is 435. The van der Waals surface area contributed by atoms with Crippen molar-refractivity contribution in [1.29, 1.82) is 0 Å². The van der Waals surface area contributed by atoms with Gasteiger partial charge in [-0.25, -0.2) is 4.79 Å². The molecule has 1 aromatic carbocycles. The minimum Gasteiger partial charge on any atom is -0.491 e. The minimum atomic E-state index is -0.338. The molecule has 1 aliphatic rings. The van der Waals surface area contributed by atoms with Crippen LogP contribution in [0.3, 0.4) is 0 Å². The Morgan fingerprint density at radius 3 is 3.11 bits per heavy atom. The number of hydrogen-bond donors (Lipinski definition) is 0. The minimum absolute atomic E-state index is 0.240. The third-order valence-electron chi connectivity index (χ3n) is 2.39. The van der Waals surface area contributed by atoms with Gasteiger partial charge >= 0.3 is 5.97 Å². The van der Waals surface area contributed by atoms with E-state index in [2.05, 4.69) is 0 Å². The van der Waals surface area contributed by atoms with Crippen LogP contribution in [-0.4, -0.2) is 31.9 Å². The summed E-state index contributed by atoms with van der Waals surface area (Å²) in [6, 6.07) is 7.53. The molecule has 0 radical (unpaired) electrons. The van der Waals surface area contributed by atoms with Gasteiger partial charge in [-0.15, -0.1) is 0 Å². The highest BCUT2D eigenvalue weighted by Crippen LogP contribution is 2.17. The zero-order chi connectivity index (χ0) is 12.8. The maximum Gasteiger partial charge on any atom is 0.330 e. The van der Waals surface area contributed by atoms with Gasteiger partial charge in [-0.05, 0) is 30.7 Å². The number of hydrogen-bond acceptors (Lipinski definition) is 4. The SMILES string of the molecule is CCOC(=O)/C=C/c1cccc(OCC2CO2)c1. The molecule has 1 unspecified atom stereocenters. The lowest BCUT2D eigenvalue weighted by molar-refractivity contribution is -0.137. The number of rotatable bonds is 6. The largest absolute Gasteiger partial charge is 0.491 e. The van der Waals surface area contributed by atoms with Crippen molar-refractivity contribution < 1.29 is 19.0 Å². The van der Waals surface area contributed by atoms with E-state index in [1.54, 1.807) is 13.0 Å². The van der Waals surface area contributed by atoms with Gasteiger partial charge in [-0.1, -0.05) is 12.1 Å². The van der Waals surface area contributed by atoms with Crippen LogP contribution in [0.2, 0.25) is 0 Å². The van der Waals surface area contributed by atoms with Crippen LogP contribution in [0.15, 0.2) is 30.3 Å². The van der Waals surface area contributed by atoms with E-state index in [9.17, 15) is 4.79 Å². The molecule has 4 heteroatoms. The summed E-state index contributed by atoms with van der Waals surface area (Å²) in [6.07, 6.45) is 3.36. The molecule has 18 heavy (non-hydrogen) atoms. The number of benzene rings is 1. The first-order valence-electron chi connectivity index (χ1n) is 5.97. The average molecular weight is 248 g/mol. The van der Waals surface area contributed by atoms with Crippen molar-refractivity contribution in [2.75, 3.05) is 19.8 Å². The highest BCUT2D eigenvalue weighted by atomic mass is 16.6. The Balaban J connectivity index is 1.90. The number of carbonyl (C=O) groups excluding carboxylic acids is 1. The van der Waals surface area contributed by atoms with Gasteiger partial charge in [0.25, 0.3) is 0 Å². The Kier molecular flexibility index (Phi) is 4.36. The third kappa shape index (κ3) is 4.22. The van der Waals surface area contributed by atoms with E-state index in [1.807, 2.05) is 24.3 Å². The molecule has 0 saturated carbocycles. The van der Waals surface area contributed by atoms with Crippen LogP contribution >= 0.6 is 0 Å². The summed E-state index contributed by atoms with van der Waals surface area (Å²) < 4.78 is 15.4. The van der Waals surface area contributed by atoms with Gasteiger partial charge in [0.05, 0.1) is 13.2 Å². The molecule has 1 aliphatic heterocycles. The Labute approximate surface area is 106 Å². The van der Waals surface area contributed by atoms with Crippen molar-refractivity contribution in [1.82, 2.24) is 0 Å². The predicted molar refractivity (Wildman–Crippen MR) is 67.3 cm³/mol. The van der Waals surface area contributed by atoms with Crippen LogP contribution in [0.25, 0.3) is 6.08 Å². The summed E-state index contributed by atoms with van der Waals surface area (Å²) in [5.74, 6) is 0.437. The second kappa shape index (κ2) is 6.21. The van der Waals surface area contributed by atoms with Gasteiger partial charge in [-0.3, -0.25) is 0 Å². The maximum atomic E-state index is 11.2. The smallest absolute Gasteiger partial charge is 0.330 e. The van der Waals surface area contributed by atoms with Crippen LogP contribution < -0.4 is 4.74 Å². The van der Waals surface area contributed by atoms with Crippen LogP contribution in [0.4, 0.5) is 0 Å². The molecule has 96 valence electrons. The van der Waals surface area contributed by atoms with Gasteiger partial charge in [0.2, 0.25) is 0 Å². The Morgan fingerprint density at radius 1 is 1.56 bits per heavy atom. The van der Waals surface area contributed by atoms with Crippen molar-refractivity contribution in [3.63, 3.8) is 0 Å². The Hall–Kier alpha value is -1.81. The molecule has 1 fully saturated rings. The molecule has 0 bridgehead atoms. The fraction of sp³-hybridized carbons (Fsp3) is 0.357. The molecular formula is C14H16O4. The number of esters is 1. The molecule has 1 aromatic rings. The number of ether oxygens (including phenoxy) is 3. The predicted octanol–water partition coefficient (Wildman–Crippen LogP) is 2.04. The first-order valence-corrected chi connectivity index (χ1v) is 5.97. The topological polar surface area (TPSA) is 48.1 Å². The van der Waals surface area contributed by atoms with E-state index in [0.717, 1.165) is 17.9 Å². The zero-order valence-electron chi connectivity index (χ0n) is 10.3. The van der Waals surface area contributed by atoms with Gasteiger partial charge < -0.3 is 14.2 Å². The first-order chi connectivity index (χ1) is 8.78. The lowest BCUT2D eigenvalue weighted by Gasteiger charge is -2.04. The van der Waals surface area contributed by atoms with Gasteiger partial charge in [0, 0.05) is 6.08 Å². The van der Waals surface area contributed by atoms with E-state index in [4.69, 9.17) is 14.2 Å². The fourth-order valence-corrected chi connectivity index (χ4v) is 1.42. The summed E-state index contributed by atoms with van der Waals surface area (Å²) in [7, 11) is 0. The molecule has 1 heterocycles. The lowest BCUT2D eigenvalue weighted by atomic mass is 10.2. The number of epoxide rings is 1. The third-order valence-corrected chi connectivity index (χ3v) is 2.39. The molecule has 1 saturated heterocycles. The van der Waals surface area contributed by atoms with E-state index in [-0.39, 0.29) is 12.1 Å². The monoisotopic (exact) mass is 248 g/mol. The van der Waals surface area contributed by atoms with Gasteiger partial charge in [0.1, 0.15) is 18.5 Å². The summed E-state index contributed by atoms with van der Waals surface area (Å²) >= 11 is 0. The quantitative estimate of drug-likeness (QED) is 0.439. The number of carbonyl (C=O) groups is 1.